The maximum Gasteiger partial charge on any atom is 0.406 e. The smallest absolute Gasteiger partial charge is 0.406 e. The number of likely N-dealkylation sites (tertiary alicyclic amines) is 2. The van der Waals surface area contributed by atoms with Crippen LogP contribution in [0.2, 0.25) is 0 Å². The summed E-state index contributed by atoms with van der Waals surface area (Å²) in [5.74, 6) is -0.443. The summed E-state index contributed by atoms with van der Waals surface area (Å²) in [4.78, 5) is 30.4. The number of hydrogen-bond donors (Lipinski definition) is 1. The molecule has 1 N–H and O–H groups in total. The zero-order chi connectivity index (χ0) is 21.5. The fraction of sp³-hybridized carbons (Fsp3) is 0.524. The lowest BCUT2D eigenvalue weighted by atomic mass is 9.88. The number of aromatic amines is 1. The number of rotatable bonds is 4. The predicted molar refractivity (Wildman–Crippen MR) is 104 cm³/mol. The van der Waals surface area contributed by atoms with Crippen molar-refractivity contribution in [1.29, 1.82) is 0 Å². The minimum Gasteiger partial charge on any atom is -0.497 e. The number of methoxy groups -OCH3 is 1. The number of aromatic nitrogens is 1. The van der Waals surface area contributed by atoms with Crippen LogP contribution in [-0.2, 0) is 9.59 Å². The Labute approximate surface area is 172 Å². The molecular weight excluding hydrogens is 399 g/mol. The number of carbonyl (C=O) groups excluding carboxylic acids is 2. The van der Waals surface area contributed by atoms with Crippen molar-refractivity contribution >= 4 is 22.7 Å². The van der Waals surface area contributed by atoms with Crippen molar-refractivity contribution in [2.75, 3.05) is 33.3 Å². The molecule has 2 fully saturated rings. The molecular formula is C21H24F3N3O3. The first-order valence-electron chi connectivity index (χ1n) is 10.0. The summed E-state index contributed by atoms with van der Waals surface area (Å²) in [7, 11) is 1.63. The Morgan fingerprint density at radius 1 is 1.27 bits per heavy atom. The second-order valence-electron chi connectivity index (χ2n) is 8.05. The van der Waals surface area contributed by atoms with Gasteiger partial charge in [-0.1, -0.05) is 0 Å². The number of benzene rings is 1. The first kappa shape index (κ1) is 20.6. The molecule has 0 aliphatic carbocycles. The average molecular weight is 423 g/mol. The number of alkyl halides is 3. The topological polar surface area (TPSA) is 65.6 Å². The summed E-state index contributed by atoms with van der Waals surface area (Å²) in [6, 6.07) is 5.87. The molecule has 1 atom stereocenters. The van der Waals surface area contributed by atoms with Crippen LogP contribution < -0.4 is 4.74 Å². The van der Waals surface area contributed by atoms with E-state index in [4.69, 9.17) is 4.74 Å². The molecule has 9 heteroatoms. The van der Waals surface area contributed by atoms with Gasteiger partial charge in [0.15, 0.2) is 0 Å². The van der Waals surface area contributed by atoms with Gasteiger partial charge in [0.2, 0.25) is 11.8 Å². The van der Waals surface area contributed by atoms with Gasteiger partial charge in [-0.15, -0.1) is 0 Å². The number of amides is 2. The molecule has 2 amide bonds. The lowest BCUT2D eigenvalue weighted by molar-refractivity contribution is -0.157. The van der Waals surface area contributed by atoms with E-state index in [1.165, 1.54) is 5.56 Å². The van der Waals surface area contributed by atoms with Gasteiger partial charge in [0.1, 0.15) is 12.3 Å². The number of carbonyl (C=O) groups is 2. The van der Waals surface area contributed by atoms with E-state index in [0.717, 1.165) is 34.4 Å². The third-order valence-corrected chi connectivity index (χ3v) is 6.10. The molecule has 162 valence electrons. The highest BCUT2D eigenvalue weighted by Crippen LogP contribution is 2.35. The van der Waals surface area contributed by atoms with Crippen LogP contribution in [0.15, 0.2) is 24.4 Å². The average Bonchev–Trinajstić information content (AvgIpc) is 3.29. The first-order chi connectivity index (χ1) is 14.2. The quantitative estimate of drug-likeness (QED) is 0.821. The van der Waals surface area contributed by atoms with Crippen LogP contribution in [0.4, 0.5) is 13.2 Å². The van der Waals surface area contributed by atoms with Gasteiger partial charge < -0.3 is 19.5 Å². The predicted octanol–water partition coefficient (Wildman–Crippen LogP) is 3.29. The number of fused-ring (bicyclic) bond motifs is 1. The molecule has 2 saturated heterocycles. The SMILES string of the molecule is COc1ccc2[nH]cc(C3CCN(C(=O)C4CC(=O)N(CC(F)(F)F)C4)CC3)c2c1. The maximum atomic E-state index is 12.8. The molecule has 1 unspecified atom stereocenters. The van der Waals surface area contributed by atoms with Crippen LogP contribution in [0.5, 0.6) is 5.75 Å². The normalized spacial score (nSPS) is 20.9. The van der Waals surface area contributed by atoms with Crippen LogP contribution in [0, 0.1) is 5.92 Å². The lowest BCUT2D eigenvalue weighted by Gasteiger charge is -2.33. The number of ether oxygens (including phenoxy) is 1. The number of piperidine rings is 1. The summed E-state index contributed by atoms with van der Waals surface area (Å²) in [5, 5.41) is 1.10. The molecule has 4 rings (SSSR count). The van der Waals surface area contributed by atoms with Gasteiger partial charge >= 0.3 is 6.18 Å². The second kappa shape index (κ2) is 7.85. The number of nitrogens with one attached hydrogen (secondary N) is 1. The van der Waals surface area contributed by atoms with Crippen molar-refractivity contribution in [2.24, 2.45) is 5.92 Å². The molecule has 0 bridgehead atoms. The fourth-order valence-electron chi connectivity index (χ4n) is 4.56. The van der Waals surface area contributed by atoms with Gasteiger partial charge in [-0.2, -0.15) is 13.2 Å². The fourth-order valence-corrected chi connectivity index (χ4v) is 4.56. The minimum absolute atomic E-state index is 0.142. The maximum absolute atomic E-state index is 12.8. The van der Waals surface area contributed by atoms with Crippen molar-refractivity contribution in [2.45, 2.75) is 31.4 Å². The molecule has 1 aromatic carbocycles. The van der Waals surface area contributed by atoms with E-state index in [9.17, 15) is 22.8 Å². The first-order valence-corrected chi connectivity index (χ1v) is 10.0. The zero-order valence-electron chi connectivity index (χ0n) is 16.7. The number of nitrogens with zero attached hydrogens (tertiary/aromatic N) is 2. The van der Waals surface area contributed by atoms with Crippen LogP contribution in [0.3, 0.4) is 0 Å². The highest BCUT2D eigenvalue weighted by Gasteiger charge is 2.42. The molecule has 3 heterocycles. The summed E-state index contributed by atoms with van der Waals surface area (Å²) in [6.45, 7) is -0.380. The molecule has 0 radical (unpaired) electrons. The molecule has 30 heavy (non-hydrogen) atoms. The Balaban J connectivity index is 1.38. The standard InChI is InChI=1S/C21H24F3N3O3/c1-30-15-2-3-18-16(9-15)17(10-25-18)13-4-6-26(7-5-13)20(29)14-8-19(28)27(11-14)12-21(22,23)24/h2-3,9-10,13-14,25H,4-8,11-12H2,1H3. The molecule has 1 aromatic heterocycles. The Kier molecular flexibility index (Phi) is 5.38. The summed E-state index contributed by atoms with van der Waals surface area (Å²) in [5.41, 5.74) is 2.21. The Hall–Kier alpha value is -2.71. The van der Waals surface area contributed by atoms with Crippen molar-refractivity contribution in [3.05, 3.63) is 30.0 Å². The molecule has 6 nitrogen and oxygen atoms in total. The van der Waals surface area contributed by atoms with E-state index < -0.39 is 24.5 Å². The number of hydrogen-bond acceptors (Lipinski definition) is 3. The van der Waals surface area contributed by atoms with Gasteiger partial charge in [0.25, 0.3) is 0 Å². The van der Waals surface area contributed by atoms with E-state index in [2.05, 4.69) is 4.98 Å². The summed E-state index contributed by atoms with van der Waals surface area (Å²) < 4.78 is 43.1. The van der Waals surface area contributed by atoms with Crippen LogP contribution in [0.25, 0.3) is 10.9 Å². The second-order valence-corrected chi connectivity index (χ2v) is 8.05. The van der Waals surface area contributed by atoms with E-state index >= 15 is 0 Å². The van der Waals surface area contributed by atoms with E-state index in [0.29, 0.717) is 13.1 Å². The van der Waals surface area contributed by atoms with Gasteiger partial charge in [0.05, 0.1) is 13.0 Å². The van der Waals surface area contributed by atoms with Crippen molar-refractivity contribution in [1.82, 2.24) is 14.8 Å². The Bertz CT molecular complexity index is 948. The largest absolute Gasteiger partial charge is 0.497 e. The monoisotopic (exact) mass is 423 g/mol. The Morgan fingerprint density at radius 3 is 2.67 bits per heavy atom. The summed E-state index contributed by atoms with van der Waals surface area (Å²) in [6.07, 6.45) is -1.06. The van der Waals surface area contributed by atoms with Gasteiger partial charge in [-0.3, -0.25) is 9.59 Å². The lowest BCUT2D eigenvalue weighted by Crippen LogP contribution is -2.42. The van der Waals surface area contributed by atoms with Gasteiger partial charge in [-0.25, -0.2) is 0 Å². The third kappa shape index (κ3) is 4.11. The van der Waals surface area contributed by atoms with Crippen LogP contribution in [-0.4, -0.2) is 66.1 Å². The molecule has 2 aliphatic rings. The number of H-pyrrole nitrogens is 1. The van der Waals surface area contributed by atoms with E-state index in [1.54, 1.807) is 12.0 Å². The molecule has 2 aromatic rings. The van der Waals surface area contributed by atoms with Crippen LogP contribution in [0.1, 0.15) is 30.7 Å². The van der Waals surface area contributed by atoms with E-state index in [-0.39, 0.29) is 24.8 Å². The molecule has 0 spiro atoms. The molecule has 2 aliphatic heterocycles. The van der Waals surface area contributed by atoms with Crippen molar-refractivity contribution in [3.8, 4) is 5.75 Å². The highest BCUT2D eigenvalue weighted by atomic mass is 19.4. The van der Waals surface area contributed by atoms with Gasteiger partial charge in [0, 0.05) is 43.2 Å². The summed E-state index contributed by atoms with van der Waals surface area (Å²) >= 11 is 0. The Morgan fingerprint density at radius 2 is 2.00 bits per heavy atom. The third-order valence-electron chi connectivity index (χ3n) is 6.10. The van der Waals surface area contributed by atoms with E-state index in [1.807, 2.05) is 24.4 Å². The van der Waals surface area contributed by atoms with Crippen LogP contribution >= 0.6 is 0 Å². The zero-order valence-corrected chi connectivity index (χ0v) is 16.7. The molecule has 0 saturated carbocycles. The van der Waals surface area contributed by atoms with Gasteiger partial charge in [-0.05, 0) is 42.5 Å². The number of halogens is 3. The van der Waals surface area contributed by atoms with Crippen molar-refractivity contribution < 1.29 is 27.5 Å². The minimum atomic E-state index is -4.45. The van der Waals surface area contributed by atoms with Crippen molar-refractivity contribution in [3.63, 3.8) is 0 Å². The highest BCUT2D eigenvalue weighted by molar-refractivity contribution is 5.89.